The van der Waals surface area contributed by atoms with E-state index in [1.54, 1.807) is 12.1 Å². The maximum absolute atomic E-state index is 15.7. The lowest BCUT2D eigenvalue weighted by atomic mass is 9.67. The van der Waals surface area contributed by atoms with Crippen molar-refractivity contribution in [2.45, 2.75) is 329 Å². The summed E-state index contributed by atoms with van der Waals surface area (Å²) in [6, 6.07) is 7.60. The summed E-state index contributed by atoms with van der Waals surface area (Å²) in [5, 5.41) is 25.4. The number of carbonyl (C=O) groups is 2. The minimum absolute atomic E-state index is 0.0972. The standard InChI is InChI=1S/C67H116O6/c1-15-17-19-21-23-25-27-29-31-33-35-37-39-41-43-45-47-72-61(70)67(57-51-53(63(3,4)5)49-55(59(57)68)65(9,10)11,58-52-54(64(6,7)8)50-56(60(58)69)66(12,13)14)62(71)73-48-46-44-42-40-38-36-34-32-30-28-26-24-22-20-18-16-2/h49-52,68-69H,15-48H2,1-14H3. The van der Waals surface area contributed by atoms with Gasteiger partial charge >= 0.3 is 11.9 Å². The first-order valence-corrected chi connectivity index (χ1v) is 30.6. The van der Waals surface area contributed by atoms with Gasteiger partial charge in [0.1, 0.15) is 11.5 Å². The van der Waals surface area contributed by atoms with Gasteiger partial charge in [-0.25, -0.2) is 0 Å². The van der Waals surface area contributed by atoms with E-state index in [1.807, 2.05) is 53.7 Å². The number of aromatic hydroxyl groups is 2. The van der Waals surface area contributed by atoms with Crippen LogP contribution in [-0.2, 0) is 46.1 Å². The van der Waals surface area contributed by atoms with Crippen LogP contribution in [0.4, 0.5) is 0 Å². The van der Waals surface area contributed by atoms with Gasteiger partial charge in [-0.1, -0.05) is 302 Å². The largest absolute Gasteiger partial charge is 0.507 e. The van der Waals surface area contributed by atoms with Gasteiger partial charge in [0, 0.05) is 11.1 Å². The van der Waals surface area contributed by atoms with Gasteiger partial charge in [-0.2, -0.15) is 0 Å². The van der Waals surface area contributed by atoms with Crippen molar-refractivity contribution >= 4 is 11.9 Å². The molecule has 2 N–H and O–H groups in total. The van der Waals surface area contributed by atoms with Crippen LogP contribution in [0.25, 0.3) is 0 Å². The summed E-state index contributed by atoms with van der Waals surface area (Å²) in [4.78, 5) is 31.3. The van der Waals surface area contributed by atoms with E-state index in [9.17, 15) is 10.2 Å². The van der Waals surface area contributed by atoms with E-state index in [0.717, 1.165) is 49.7 Å². The van der Waals surface area contributed by atoms with Crippen molar-refractivity contribution in [1.82, 2.24) is 0 Å². The quantitative estimate of drug-likeness (QED) is 0.0395. The Morgan fingerprint density at radius 1 is 0.329 bits per heavy atom. The van der Waals surface area contributed by atoms with Crippen molar-refractivity contribution in [2.75, 3.05) is 13.2 Å². The molecule has 6 nitrogen and oxygen atoms in total. The van der Waals surface area contributed by atoms with E-state index in [2.05, 4.69) is 55.4 Å². The molecular formula is C67H116O6. The molecule has 0 saturated carbocycles. The molecule has 0 radical (unpaired) electrons. The van der Waals surface area contributed by atoms with Crippen LogP contribution in [0, 0.1) is 0 Å². The predicted molar refractivity (Wildman–Crippen MR) is 313 cm³/mol. The Bertz CT molecular complexity index is 1690. The number of phenolic OH excluding ortho intramolecular Hbond substituents is 2. The molecule has 0 aliphatic heterocycles. The number of carbonyl (C=O) groups excluding carboxylic acids is 2. The van der Waals surface area contributed by atoms with Gasteiger partial charge in [-0.05, 0) is 68.9 Å². The molecule has 0 bridgehead atoms. The average molecular weight is 1020 g/mol. The molecule has 0 unspecified atom stereocenters. The van der Waals surface area contributed by atoms with Crippen LogP contribution >= 0.6 is 0 Å². The molecule has 0 saturated heterocycles. The molecule has 0 atom stereocenters. The highest BCUT2D eigenvalue weighted by atomic mass is 16.6. The number of esters is 2. The molecule has 0 spiro atoms. The Morgan fingerprint density at radius 3 is 0.740 bits per heavy atom. The summed E-state index contributed by atoms with van der Waals surface area (Å²) in [6.07, 6.45) is 39.5. The number of benzene rings is 2. The number of hydrogen-bond donors (Lipinski definition) is 2. The first kappa shape index (κ1) is 66.1. The summed E-state index contributed by atoms with van der Waals surface area (Å²) in [5.41, 5.74) is -1.18. The third-order valence-electron chi connectivity index (χ3n) is 15.5. The predicted octanol–water partition coefficient (Wildman–Crippen LogP) is 20.2. The molecular weight excluding hydrogens is 901 g/mol. The Balaban J connectivity index is 2.42. The highest BCUT2D eigenvalue weighted by Crippen LogP contribution is 2.51. The molecule has 0 fully saturated rings. The Hall–Kier alpha value is -3.02. The number of phenols is 2. The van der Waals surface area contributed by atoms with Crippen molar-refractivity contribution in [3.8, 4) is 11.5 Å². The van der Waals surface area contributed by atoms with Crippen molar-refractivity contribution < 1.29 is 29.3 Å². The molecule has 0 aliphatic carbocycles. The minimum Gasteiger partial charge on any atom is -0.507 e. The maximum atomic E-state index is 15.7. The second-order valence-corrected chi connectivity index (χ2v) is 26.5. The lowest BCUT2D eigenvalue weighted by Gasteiger charge is -2.37. The van der Waals surface area contributed by atoms with Gasteiger partial charge in [0.05, 0.1) is 13.2 Å². The van der Waals surface area contributed by atoms with E-state index >= 15 is 9.59 Å². The van der Waals surface area contributed by atoms with E-state index in [-0.39, 0.29) is 35.8 Å². The highest BCUT2D eigenvalue weighted by Gasteiger charge is 2.57. The molecule has 0 aliphatic rings. The zero-order valence-electron chi connectivity index (χ0n) is 50.4. The van der Waals surface area contributed by atoms with Crippen molar-refractivity contribution in [1.29, 1.82) is 0 Å². The second-order valence-electron chi connectivity index (χ2n) is 26.5. The van der Waals surface area contributed by atoms with E-state index in [4.69, 9.17) is 9.47 Å². The molecule has 0 heterocycles. The van der Waals surface area contributed by atoms with Crippen LogP contribution < -0.4 is 0 Å². The van der Waals surface area contributed by atoms with Crippen LogP contribution in [-0.4, -0.2) is 35.4 Å². The van der Waals surface area contributed by atoms with Gasteiger partial charge in [-0.15, -0.1) is 0 Å². The molecule has 0 amide bonds. The molecule has 0 aromatic heterocycles. The van der Waals surface area contributed by atoms with Crippen LogP contribution in [0.1, 0.15) is 336 Å². The van der Waals surface area contributed by atoms with Crippen LogP contribution in [0.3, 0.4) is 0 Å². The number of unbranched alkanes of at least 4 members (excludes halogenated alkanes) is 30. The van der Waals surface area contributed by atoms with Gasteiger partial charge in [0.15, 0.2) is 0 Å². The molecule has 2 aromatic rings. The third-order valence-corrected chi connectivity index (χ3v) is 15.5. The van der Waals surface area contributed by atoms with Gasteiger partial charge < -0.3 is 19.7 Å². The van der Waals surface area contributed by atoms with Crippen LogP contribution in [0.2, 0.25) is 0 Å². The van der Waals surface area contributed by atoms with E-state index in [1.165, 1.54) is 154 Å². The third kappa shape index (κ3) is 23.4. The fraction of sp³-hybridized carbons (Fsp3) is 0.791. The fourth-order valence-electron chi connectivity index (χ4n) is 10.4. The molecule has 2 aromatic carbocycles. The van der Waals surface area contributed by atoms with Gasteiger partial charge in [-0.3, -0.25) is 9.59 Å². The Kier molecular flexibility index (Phi) is 30.7. The first-order chi connectivity index (χ1) is 34.4. The summed E-state index contributed by atoms with van der Waals surface area (Å²) < 4.78 is 12.7. The SMILES string of the molecule is CCCCCCCCCCCCCCCCCCOC(=O)C(C(=O)OCCCCCCCCCCCCCCCCCC)(c1cc(C(C)(C)C)cc(C(C)(C)C)c1O)c1cc(C(C)(C)C)cc(C(C)(C)C)c1O. The van der Waals surface area contributed by atoms with E-state index in [0.29, 0.717) is 24.0 Å². The van der Waals surface area contributed by atoms with Crippen LogP contribution in [0.15, 0.2) is 24.3 Å². The monoisotopic (exact) mass is 1020 g/mol. The van der Waals surface area contributed by atoms with Gasteiger partial charge in [0.2, 0.25) is 5.41 Å². The lowest BCUT2D eigenvalue weighted by molar-refractivity contribution is -0.163. The van der Waals surface area contributed by atoms with Crippen molar-refractivity contribution in [3.63, 3.8) is 0 Å². The summed E-state index contributed by atoms with van der Waals surface area (Å²) in [5.74, 6) is -1.96. The summed E-state index contributed by atoms with van der Waals surface area (Å²) >= 11 is 0. The maximum Gasteiger partial charge on any atom is 0.332 e. The Labute approximate surface area is 451 Å². The highest BCUT2D eigenvalue weighted by molar-refractivity contribution is 6.11. The van der Waals surface area contributed by atoms with Crippen molar-refractivity contribution in [2.24, 2.45) is 0 Å². The molecule has 73 heavy (non-hydrogen) atoms. The van der Waals surface area contributed by atoms with E-state index < -0.39 is 39.0 Å². The topological polar surface area (TPSA) is 93.1 Å². The summed E-state index contributed by atoms with van der Waals surface area (Å²) in [6.45, 7) is 29.5. The lowest BCUT2D eigenvalue weighted by Crippen LogP contribution is -2.48. The van der Waals surface area contributed by atoms with Gasteiger partial charge in [0.25, 0.3) is 0 Å². The first-order valence-electron chi connectivity index (χ1n) is 30.6. The normalized spacial score (nSPS) is 12.7. The second kappa shape index (κ2) is 33.9. The zero-order chi connectivity index (χ0) is 54.6. The smallest absolute Gasteiger partial charge is 0.332 e. The molecule has 6 heteroatoms. The molecule has 420 valence electrons. The Morgan fingerprint density at radius 2 is 0.534 bits per heavy atom. The summed E-state index contributed by atoms with van der Waals surface area (Å²) in [7, 11) is 0. The zero-order valence-corrected chi connectivity index (χ0v) is 50.4. The fourth-order valence-corrected chi connectivity index (χ4v) is 10.4. The molecule has 2 rings (SSSR count). The number of rotatable bonds is 38. The minimum atomic E-state index is -2.33. The number of ether oxygens (including phenoxy) is 2. The van der Waals surface area contributed by atoms with Crippen molar-refractivity contribution in [3.05, 3.63) is 57.6 Å². The number of hydrogen-bond acceptors (Lipinski definition) is 6. The average Bonchev–Trinajstić information content (AvgIpc) is 3.30. The van der Waals surface area contributed by atoms with Crippen LogP contribution in [0.5, 0.6) is 11.5 Å².